The first kappa shape index (κ1) is 21.4. The average molecular weight is 472 g/mol. The fourth-order valence-corrected chi connectivity index (χ4v) is 4.10. The van der Waals surface area contributed by atoms with Gasteiger partial charge < -0.3 is 15.0 Å². The van der Waals surface area contributed by atoms with Crippen LogP contribution in [-0.2, 0) is 4.74 Å². The highest BCUT2D eigenvalue weighted by Gasteiger charge is 2.27. The Morgan fingerprint density at radius 2 is 1.96 bits per heavy atom. The van der Waals surface area contributed by atoms with Crippen molar-refractivity contribution in [3.8, 4) is 0 Å². The van der Waals surface area contributed by atoms with Gasteiger partial charge in [0, 0.05) is 39.7 Å². The van der Waals surface area contributed by atoms with Crippen molar-refractivity contribution < 1.29 is 4.74 Å². The Hall–Kier alpha value is -0.860. The molecule has 1 aromatic carbocycles. The first-order valence-electron chi connectivity index (χ1n) is 9.55. The van der Waals surface area contributed by atoms with Gasteiger partial charge in [0.1, 0.15) is 0 Å². The van der Waals surface area contributed by atoms with Gasteiger partial charge in [-0.15, -0.1) is 24.0 Å². The Labute approximate surface area is 175 Å². The summed E-state index contributed by atoms with van der Waals surface area (Å²) in [5, 5.41) is 3.64. The molecule has 0 amide bonds. The van der Waals surface area contributed by atoms with E-state index in [1.54, 1.807) is 7.11 Å². The summed E-state index contributed by atoms with van der Waals surface area (Å²) >= 11 is 0. The minimum absolute atomic E-state index is 0. The van der Waals surface area contributed by atoms with Gasteiger partial charge in [0.2, 0.25) is 0 Å². The molecule has 2 aliphatic rings. The molecule has 0 aliphatic carbocycles. The van der Waals surface area contributed by atoms with Crippen LogP contribution in [0.15, 0.2) is 35.3 Å². The van der Waals surface area contributed by atoms with Crippen molar-refractivity contribution >= 4 is 29.9 Å². The summed E-state index contributed by atoms with van der Waals surface area (Å²) in [6.07, 6.45) is 3.80. The molecule has 2 aliphatic heterocycles. The van der Waals surface area contributed by atoms with Gasteiger partial charge in [-0.1, -0.05) is 30.3 Å². The molecule has 1 aromatic rings. The van der Waals surface area contributed by atoms with E-state index in [0.717, 1.165) is 32.2 Å². The van der Waals surface area contributed by atoms with Crippen LogP contribution in [0.3, 0.4) is 0 Å². The Morgan fingerprint density at radius 3 is 2.62 bits per heavy atom. The number of methoxy groups -OCH3 is 1. The third-order valence-electron chi connectivity index (χ3n) is 5.42. The summed E-state index contributed by atoms with van der Waals surface area (Å²) in [5.41, 5.74) is 1.39. The monoisotopic (exact) mass is 472 g/mol. The molecule has 0 saturated carbocycles. The van der Waals surface area contributed by atoms with Crippen LogP contribution in [0.4, 0.5) is 0 Å². The SMILES string of the molecule is CN=C(NCC(c1ccccc1)N1CCCC1)N1CCC(COC)C1.I. The molecular weight excluding hydrogens is 439 g/mol. The largest absolute Gasteiger partial charge is 0.384 e. The molecule has 0 aromatic heterocycles. The number of nitrogens with one attached hydrogen (secondary N) is 1. The highest BCUT2D eigenvalue weighted by Crippen LogP contribution is 2.24. The summed E-state index contributed by atoms with van der Waals surface area (Å²) in [6, 6.07) is 11.3. The molecule has 2 unspecified atom stereocenters. The molecule has 2 atom stereocenters. The number of hydrogen-bond acceptors (Lipinski definition) is 3. The number of benzene rings is 1. The normalized spacial score (nSPS) is 22.3. The lowest BCUT2D eigenvalue weighted by Crippen LogP contribution is -2.44. The molecule has 2 saturated heterocycles. The summed E-state index contributed by atoms with van der Waals surface area (Å²) < 4.78 is 5.32. The number of hydrogen-bond donors (Lipinski definition) is 1. The van der Waals surface area contributed by atoms with Crippen molar-refractivity contribution in [2.75, 3.05) is 53.5 Å². The molecule has 2 heterocycles. The number of guanidine groups is 1. The molecule has 0 spiro atoms. The number of ether oxygens (including phenoxy) is 1. The van der Waals surface area contributed by atoms with Crippen molar-refractivity contribution in [2.24, 2.45) is 10.9 Å². The Balaban J connectivity index is 0.00000243. The highest BCUT2D eigenvalue weighted by molar-refractivity contribution is 14.0. The molecule has 0 radical (unpaired) electrons. The van der Waals surface area contributed by atoms with Gasteiger partial charge in [-0.05, 0) is 37.9 Å². The van der Waals surface area contributed by atoms with Crippen LogP contribution in [0, 0.1) is 5.92 Å². The van der Waals surface area contributed by atoms with Crippen LogP contribution in [0.1, 0.15) is 30.9 Å². The van der Waals surface area contributed by atoms with Gasteiger partial charge in [-0.2, -0.15) is 0 Å². The third-order valence-corrected chi connectivity index (χ3v) is 5.42. The van der Waals surface area contributed by atoms with E-state index in [1.165, 1.54) is 37.9 Å². The molecule has 1 N–H and O–H groups in total. The van der Waals surface area contributed by atoms with Gasteiger partial charge in [0.05, 0.1) is 12.6 Å². The van der Waals surface area contributed by atoms with Crippen LogP contribution < -0.4 is 5.32 Å². The van der Waals surface area contributed by atoms with Gasteiger partial charge in [0.15, 0.2) is 5.96 Å². The molecule has 0 bridgehead atoms. The molecular formula is C20H33IN4O. The molecule has 26 heavy (non-hydrogen) atoms. The maximum absolute atomic E-state index is 5.32. The lowest BCUT2D eigenvalue weighted by atomic mass is 10.1. The van der Waals surface area contributed by atoms with E-state index in [9.17, 15) is 0 Å². The maximum Gasteiger partial charge on any atom is 0.193 e. The van der Waals surface area contributed by atoms with E-state index in [0.29, 0.717) is 12.0 Å². The summed E-state index contributed by atoms with van der Waals surface area (Å²) in [5.74, 6) is 1.64. The van der Waals surface area contributed by atoms with E-state index in [4.69, 9.17) is 4.74 Å². The summed E-state index contributed by atoms with van der Waals surface area (Å²) in [7, 11) is 3.68. The van der Waals surface area contributed by atoms with Crippen LogP contribution in [0.25, 0.3) is 0 Å². The summed E-state index contributed by atoms with van der Waals surface area (Å²) in [6.45, 7) is 6.23. The number of rotatable bonds is 6. The minimum Gasteiger partial charge on any atom is -0.384 e. The Morgan fingerprint density at radius 1 is 1.23 bits per heavy atom. The highest BCUT2D eigenvalue weighted by atomic mass is 127. The third kappa shape index (κ3) is 5.57. The van der Waals surface area contributed by atoms with Crippen LogP contribution in [-0.4, -0.2) is 69.2 Å². The number of halogens is 1. The molecule has 5 nitrogen and oxygen atoms in total. The number of likely N-dealkylation sites (tertiary alicyclic amines) is 2. The average Bonchev–Trinajstić information content (AvgIpc) is 3.32. The molecule has 146 valence electrons. The molecule has 6 heteroatoms. The van der Waals surface area contributed by atoms with Crippen molar-refractivity contribution in [1.29, 1.82) is 0 Å². The van der Waals surface area contributed by atoms with Gasteiger partial charge in [0.25, 0.3) is 0 Å². The second-order valence-electron chi connectivity index (χ2n) is 7.15. The molecule has 2 fully saturated rings. The van der Waals surface area contributed by atoms with E-state index in [-0.39, 0.29) is 24.0 Å². The fourth-order valence-electron chi connectivity index (χ4n) is 4.10. The zero-order chi connectivity index (χ0) is 17.5. The first-order chi connectivity index (χ1) is 12.3. The van der Waals surface area contributed by atoms with Crippen LogP contribution in [0.5, 0.6) is 0 Å². The smallest absolute Gasteiger partial charge is 0.193 e. The van der Waals surface area contributed by atoms with E-state index >= 15 is 0 Å². The van der Waals surface area contributed by atoms with E-state index < -0.39 is 0 Å². The van der Waals surface area contributed by atoms with Crippen molar-refractivity contribution in [2.45, 2.75) is 25.3 Å². The summed E-state index contributed by atoms with van der Waals surface area (Å²) in [4.78, 5) is 9.50. The van der Waals surface area contributed by atoms with Crippen molar-refractivity contribution in [1.82, 2.24) is 15.1 Å². The second kappa shape index (κ2) is 11.1. The minimum atomic E-state index is 0. The zero-order valence-corrected chi connectivity index (χ0v) is 18.4. The topological polar surface area (TPSA) is 40.1 Å². The van der Waals surface area contributed by atoms with Gasteiger partial charge >= 0.3 is 0 Å². The predicted octanol–water partition coefficient (Wildman–Crippen LogP) is 2.99. The quantitative estimate of drug-likeness (QED) is 0.393. The predicted molar refractivity (Wildman–Crippen MR) is 118 cm³/mol. The standard InChI is InChI=1S/C20H32N4O.HI/c1-21-20(24-13-10-17(15-24)16-25-2)22-14-19(23-11-6-7-12-23)18-8-4-3-5-9-18;/h3-5,8-9,17,19H,6-7,10-16H2,1-2H3,(H,21,22);1H. The number of nitrogens with zero attached hydrogens (tertiary/aromatic N) is 3. The number of aliphatic imine (C=N–C) groups is 1. The van der Waals surface area contributed by atoms with Crippen molar-refractivity contribution in [3.63, 3.8) is 0 Å². The van der Waals surface area contributed by atoms with Gasteiger partial charge in [-0.3, -0.25) is 9.89 Å². The fraction of sp³-hybridized carbons (Fsp3) is 0.650. The Bertz CT molecular complexity index is 548. The Kier molecular flexibility index (Phi) is 9.15. The van der Waals surface area contributed by atoms with E-state index in [2.05, 4.69) is 50.4 Å². The maximum atomic E-state index is 5.32. The van der Waals surface area contributed by atoms with Gasteiger partial charge in [-0.25, -0.2) is 0 Å². The molecule has 3 rings (SSSR count). The van der Waals surface area contributed by atoms with Crippen LogP contribution >= 0.6 is 24.0 Å². The van der Waals surface area contributed by atoms with E-state index in [1.807, 2.05) is 7.05 Å². The second-order valence-corrected chi connectivity index (χ2v) is 7.15. The zero-order valence-electron chi connectivity index (χ0n) is 16.1. The lowest BCUT2D eigenvalue weighted by Gasteiger charge is -2.30. The first-order valence-corrected chi connectivity index (χ1v) is 9.55. The lowest BCUT2D eigenvalue weighted by molar-refractivity contribution is 0.157. The van der Waals surface area contributed by atoms with Crippen LogP contribution in [0.2, 0.25) is 0 Å². The van der Waals surface area contributed by atoms with Crippen molar-refractivity contribution in [3.05, 3.63) is 35.9 Å².